The van der Waals surface area contributed by atoms with E-state index >= 15 is 0 Å². The topological polar surface area (TPSA) is 160 Å². The highest BCUT2D eigenvalue weighted by molar-refractivity contribution is 7.80. The molecular formula is C10H18N4O6S2. The van der Waals surface area contributed by atoms with Crippen LogP contribution in [-0.2, 0) is 24.0 Å². The van der Waals surface area contributed by atoms with Gasteiger partial charge in [0.05, 0.1) is 6.04 Å². The molecule has 2 amide bonds. The summed E-state index contributed by atoms with van der Waals surface area (Å²) in [7, 11) is 0. The van der Waals surface area contributed by atoms with Gasteiger partial charge >= 0.3 is 11.9 Å². The third-order valence-corrected chi connectivity index (χ3v) is 2.93. The lowest BCUT2D eigenvalue weighted by atomic mass is 10.3. The van der Waals surface area contributed by atoms with E-state index in [4.69, 9.17) is 10.8 Å². The maximum absolute atomic E-state index is 11.5. The Morgan fingerprint density at radius 3 is 2.14 bits per heavy atom. The SMILES string of the molecule is NC(CS)C(=O)NCC(=O)ONC(CS)C(=O)NCC(=O)O. The van der Waals surface area contributed by atoms with E-state index in [-0.39, 0.29) is 11.5 Å². The molecule has 2 unspecified atom stereocenters. The number of thiol groups is 2. The first-order valence-corrected chi connectivity index (χ1v) is 7.28. The Balaban J connectivity index is 4.11. The number of hydrogen-bond donors (Lipinski definition) is 7. The summed E-state index contributed by atoms with van der Waals surface area (Å²) in [5, 5.41) is 12.7. The zero-order chi connectivity index (χ0) is 17.1. The van der Waals surface area contributed by atoms with Gasteiger partial charge < -0.3 is 26.3 Å². The first-order valence-electron chi connectivity index (χ1n) is 6.01. The van der Waals surface area contributed by atoms with Gasteiger partial charge in [-0.25, -0.2) is 4.79 Å². The van der Waals surface area contributed by atoms with Crippen LogP contribution in [0, 0.1) is 0 Å². The molecule has 12 heteroatoms. The molecule has 0 fully saturated rings. The van der Waals surface area contributed by atoms with Crippen molar-refractivity contribution in [2.24, 2.45) is 5.73 Å². The van der Waals surface area contributed by atoms with E-state index in [1.54, 1.807) is 0 Å². The molecular weight excluding hydrogens is 336 g/mol. The van der Waals surface area contributed by atoms with Crippen molar-refractivity contribution >= 4 is 49.0 Å². The summed E-state index contributed by atoms with van der Waals surface area (Å²) in [6.45, 7) is -1.03. The molecule has 0 rings (SSSR count). The average molecular weight is 354 g/mol. The fraction of sp³-hybridized carbons (Fsp3) is 0.600. The minimum atomic E-state index is -1.22. The smallest absolute Gasteiger partial charge is 0.344 e. The van der Waals surface area contributed by atoms with Gasteiger partial charge in [-0.2, -0.15) is 25.3 Å². The average Bonchev–Trinajstić information content (AvgIpc) is 2.49. The number of hydrogen-bond acceptors (Lipinski definition) is 9. The van der Waals surface area contributed by atoms with Gasteiger partial charge in [0.2, 0.25) is 11.8 Å². The molecule has 0 spiro atoms. The van der Waals surface area contributed by atoms with Crippen LogP contribution >= 0.6 is 25.3 Å². The molecule has 0 saturated heterocycles. The van der Waals surface area contributed by atoms with E-state index in [0.29, 0.717) is 0 Å². The van der Waals surface area contributed by atoms with Crippen molar-refractivity contribution in [1.82, 2.24) is 16.1 Å². The van der Waals surface area contributed by atoms with Crippen LogP contribution in [0.3, 0.4) is 0 Å². The highest BCUT2D eigenvalue weighted by Gasteiger charge is 2.19. The van der Waals surface area contributed by atoms with Crippen molar-refractivity contribution in [1.29, 1.82) is 0 Å². The molecule has 0 aliphatic rings. The van der Waals surface area contributed by atoms with Gasteiger partial charge in [-0.05, 0) is 0 Å². The number of carbonyl (C=O) groups excluding carboxylic acids is 3. The standard InChI is InChI=1S/C10H18N4O6S2/c11-5(3-21)9(18)13-2-8(17)20-14-6(4-22)10(19)12-1-7(15)16/h5-6,14,21-22H,1-4,11H2,(H,12,19)(H,13,18)(H,15,16). The number of nitrogens with two attached hydrogens (primary N) is 1. The zero-order valence-corrected chi connectivity index (χ0v) is 13.2. The fourth-order valence-corrected chi connectivity index (χ4v) is 1.41. The molecule has 126 valence electrons. The number of hydroxylamine groups is 1. The van der Waals surface area contributed by atoms with Crippen LogP contribution in [0.25, 0.3) is 0 Å². The molecule has 0 aromatic rings. The molecule has 6 N–H and O–H groups in total. The van der Waals surface area contributed by atoms with Crippen LogP contribution in [0.15, 0.2) is 0 Å². The van der Waals surface area contributed by atoms with E-state index in [1.807, 2.05) is 0 Å². The molecule has 0 aromatic heterocycles. The first kappa shape index (κ1) is 20.5. The molecule has 0 saturated carbocycles. The van der Waals surface area contributed by atoms with Crippen molar-refractivity contribution < 1.29 is 29.1 Å². The quantitative estimate of drug-likeness (QED) is 0.160. The Labute approximate surface area is 137 Å². The molecule has 2 atom stereocenters. The number of aliphatic carboxylic acids is 1. The van der Waals surface area contributed by atoms with Crippen molar-refractivity contribution in [2.45, 2.75) is 12.1 Å². The minimum Gasteiger partial charge on any atom is -0.480 e. The van der Waals surface area contributed by atoms with Crippen LogP contribution < -0.4 is 21.8 Å². The largest absolute Gasteiger partial charge is 0.480 e. The number of carboxylic acids is 1. The van der Waals surface area contributed by atoms with Gasteiger partial charge in [-0.15, -0.1) is 5.48 Å². The second-order valence-electron chi connectivity index (χ2n) is 3.95. The summed E-state index contributed by atoms with van der Waals surface area (Å²) in [5.41, 5.74) is 7.51. The number of amides is 2. The lowest BCUT2D eigenvalue weighted by Gasteiger charge is -2.15. The van der Waals surface area contributed by atoms with Crippen LogP contribution in [0.2, 0.25) is 0 Å². The van der Waals surface area contributed by atoms with Crippen LogP contribution in [0.5, 0.6) is 0 Å². The van der Waals surface area contributed by atoms with Gasteiger partial charge in [-0.3, -0.25) is 14.4 Å². The van der Waals surface area contributed by atoms with Crippen LogP contribution in [0.1, 0.15) is 0 Å². The number of nitrogens with one attached hydrogen (secondary N) is 3. The maximum Gasteiger partial charge on any atom is 0.344 e. The van der Waals surface area contributed by atoms with E-state index in [1.165, 1.54) is 0 Å². The number of carboxylic acid groups (broad SMARTS) is 1. The van der Waals surface area contributed by atoms with Crippen molar-refractivity contribution in [3.63, 3.8) is 0 Å². The Hall–Kier alpha value is -1.50. The third kappa shape index (κ3) is 8.71. The second-order valence-corrected chi connectivity index (χ2v) is 4.68. The van der Waals surface area contributed by atoms with E-state index in [9.17, 15) is 19.2 Å². The maximum atomic E-state index is 11.5. The predicted octanol–water partition coefficient (Wildman–Crippen LogP) is -3.09. The molecule has 0 radical (unpaired) electrons. The summed E-state index contributed by atoms with van der Waals surface area (Å²) in [4.78, 5) is 49.0. The summed E-state index contributed by atoms with van der Waals surface area (Å²) in [6.07, 6.45) is 0. The fourth-order valence-electron chi connectivity index (χ4n) is 1.01. The lowest BCUT2D eigenvalue weighted by molar-refractivity contribution is -0.154. The highest BCUT2D eigenvalue weighted by Crippen LogP contribution is 1.90. The minimum absolute atomic E-state index is 0.0460. The first-order chi connectivity index (χ1) is 10.3. The van der Waals surface area contributed by atoms with Crippen molar-refractivity contribution in [3.05, 3.63) is 0 Å². The molecule has 0 heterocycles. The molecule has 0 aromatic carbocycles. The predicted molar refractivity (Wildman–Crippen MR) is 82.4 cm³/mol. The normalized spacial score (nSPS) is 12.9. The molecule has 0 bridgehead atoms. The van der Waals surface area contributed by atoms with Gasteiger partial charge in [0.1, 0.15) is 19.1 Å². The van der Waals surface area contributed by atoms with Gasteiger partial charge in [0.25, 0.3) is 0 Å². The van der Waals surface area contributed by atoms with E-state index < -0.39 is 48.9 Å². The summed E-state index contributed by atoms with van der Waals surface area (Å²) < 4.78 is 0. The third-order valence-electron chi connectivity index (χ3n) is 2.17. The van der Waals surface area contributed by atoms with Crippen LogP contribution in [-0.4, -0.2) is 65.5 Å². The van der Waals surface area contributed by atoms with Gasteiger partial charge in [0, 0.05) is 11.5 Å². The van der Waals surface area contributed by atoms with Gasteiger partial charge in [-0.1, -0.05) is 0 Å². The highest BCUT2D eigenvalue weighted by atomic mass is 32.1. The number of carbonyl (C=O) groups is 4. The Bertz CT molecular complexity index is 422. The lowest BCUT2D eigenvalue weighted by Crippen LogP contribution is -2.49. The Morgan fingerprint density at radius 2 is 1.64 bits per heavy atom. The molecule has 22 heavy (non-hydrogen) atoms. The van der Waals surface area contributed by atoms with Gasteiger partial charge in [0.15, 0.2) is 0 Å². The number of rotatable bonds is 10. The summed E-state index contributed by atoms with van der Waals surface area (Å²) in [5.74, 6) is -3.28. The Morgan fingerprint density at radius 1 is 1.05 bits per heavy atom. The monoisotopic (exact) mass is 354 g/mol. The van der Waals surface area contributed by atoms with Crippen molar-refractivity contribution in [2.75, 3.05) is 24.6 Å². The van der Waals surface area contributed by atoms with E-state index in [0.717, 1.165) is 0 Å². The second kappa shape index (κ2) is 11.1. The summed E-state index contributed by atoms with van der Waals surface area (Å²) >= 11 is 7.70. The molecule has 0 aliphatic carbocycles. The Kier molecular flexibility index (Phi) is 10.4. The molecule has 10 nitrogen and oxygen atoms in total. The zero-order valence-electron chi connectivity index (χ0n) is 11.4. The van der Waals surface area contributed by atoms with Crippen LogP contribution in [0.4, 0.5) is 0 Å². The summed E-state index contributed by atoms with van der Waals surface area (Å²) in [6, 6.07) is -1.89. The van der Waals surface area contributed by atoms with E-state index in [2.05, 4.69) is 46.2 Å². The molecule has 0 aliphatic heterocycles. The van der Waals surface area contributed by atoms with Crippen molar-refractivity contribution in [3.8, 4) is 0 Å².